The van der Waals surface area contributed by atoms with Crippen LogP contribution in [-0.2, 0) is 9.59 Å². The fourth-order valence-electron chi connectivity index (χ4n) is 1.58. The summed E-state index contributed by atoms with van der Waals surface area (Å²) in [5.41, 5.74) is 6.82. The minimum atomic E-state index is -0.186. The number of hydrogen-bond acceptors (Lipinski definition) is 3. The summed E-state index contributed by atoms with van der Waals surface area (Å²) in [5, 5.41) is 5.45. The predicted molar refractivity (Wildman–Crippen MR) is 72.2 cm³/mol. The van der Waals surface area contributed by atoms with Gasteiger partial charge in [0.1, 0.15) is 0 Å². The molecule has 0 spiro atoms. The van der Waals surface area contributed by atoms with Crippen LogP contribution >= 0.6 is 0 Å². The van der Waals surface area contributed by atoms with E-state index in [0.29, 0.717) is 24.3 Å². The Balaban J connectivity index is 2.72. The number of nitrogens with two attached hydrogens (primary N) is 1. The quantitative estimate of drug-likeness (QED) is 0.740. The first-order chi connectivity index (χ1) is 8.56. The summed E-state index contributed by atoms with van der Waals surface area (Å²) in [6.45, 7) is 3.69. The predicted octanol–water partition coefficient (Wildman–Crippen LogP) is 1.57. The first-order valence-electron chi connectivity index (χ1n) is 5.95. The number of carbonyl (C=O) groups is 2. The van der Waals surface area contributed by atoms with E-state index in [4.69, 9.17) is 5.73 Å². The monoisotopic (exact) mass is 249 g/mol. The standard InChI is InChI=1S/C13H19N3O2/c1-3-10(8-14)13(18)16-12-6-4-5-11(7-12)15-9(2)17/h4-7,10H,3,8,14H2,1-2H3,(H,15,17)(H,16,18). The Morgan fingerprint density at radius 1 is 1.28 bits per heavy atom. The molecule has 0 bridgehead atoms. The zero-order valence-electron chi connectivity index (χ0n) is 10.7. The highest BCUT2D eigenvalue weighted by Crippen LogP contribution is 2.16. The van der Waals surface area contributed by atoms with Crippen LogP contribution in [0.25, 0.3) is 0 Å². The molecule has 1 unspecified atom stereocenters. The van der Waals surface area contributed by atoms with Gasteiger partial charge in [0.25, 0.3) is 0 Å². The molecule has 0 heterocycles. The molecule has 1 aromatic carbocycles. The van der Waals surface area contributed by atoms with Crippen molar-refractivity contribution >= 4 is 23.2 Å². The maximum absolute atomic E-state index is 11.8. The minimum absolute atomic E-state index is 0.0972. The Morgan fingerprint density at radius 2 is 1.89 bits per heavy atom. The van der Waals surface area contributed by atoms with Crippen molar-refractivity contribution in [1.29, 1.82) is 0 Å². The first kappa shape index (κ1) is 14.2. The molecule has 5 heteroatoms. The van der Waals surface area contributed by atoms with Crippen LogP contribution in [0.5, 0.6) is 0 Å². The Labute approximate surface area is 107 Å². The largest absolute Gasteiger partial charge is 0.330 e. The Kier molecular flexibility index (Phi) is 5.32. The van der Waals surface area contributed by atoms with Crippen LogP contribution in [-0.4, -0.2) is 18.4 Å². The third-order valence-electron chi connectivity index (χ3n) is 2.60. The number of rotatable bonds is 5. The van der Waals surface area contributed by atoms with E-state index in [1.165, 1.54) is 6.92 Å². The number of nitrogens with one attached hydrogen (secondary N) is 2. The number of carbonyl (C=O) groups excluding carboxylic acids is 2. The molecule has 1 rings (SSSR count). The highest BCUT2D eigenvalue weighted by atomic mass is 16.2. The molecular formula is C13H19N3O2. The molecule has 0 aliphatic rings. The van der Waals surface area contributed by atoms with Gasteiger partial charge in [-0.05, 0) is 24.6 Å². The summed E-state index contributed by atoms with van der Waals surface area (Å²) in [6.07, 6.45) is 0.702. The maximum Gasteiger partial charge on any atom is 0.228 e. The molecule has 0 aliphatic carbocycles. The van der Waals surface area contributed by atoms with Gasteiger partial charge >= 0.3 is 0 Å². The van der Waals surface area contributed by atoms with Crippen LogP contribution in [0.4, 0.5) is 11.4 Å². The van der Waals surface area contributed by atoms with E-state index in [9.17, 15) is 9.59 Å². The van der Waals surface area contributed by atoms with Gasteiger partial charge < -0.3 is 16.4 Å². The number of benzene rings is 1. The molecule has 18 heavy (non-hydrogen) atoms. The Morgan fingerprint density at radius 3 is 2.39 bits per heavy atom. The summed E-state index contributed by atoms with van der Waals surface area (Å²) in [6, 6.07) is 7.01. The fourth-order valence-corrected chi connectivity index (χ4v) is 1.58. The van der Waals surface area contributed by atoms with Gasteiger partial charge in [-0.2, -0.15) is 0 Å². The maximum atomic E-state index is 11.8. The molecule has 5 nitrogen and oxygen atoms in total. The summed E-state index contributed by atoms with van der Waals surface area (Å²) in [5.74, 6) is -0.429. The van der Waals surface area contributed by atoms with Crippen molar-refractivity contribution in [3.8, 4) is 0 Å². The fraction of sp³-hybridized carbons (Fsp3) is 0.385. The summed E-state index contributed by atoms with van der Waals surface area (Å²) < 4.78 is 0. The Hall–Kier alpha value is -1.88. The molecule has 0 saturated carbocycles. The van der Waals surface area contributed by atoms with Gasteiger partial charge in [0, 0.05) is 24.8 Å². The van der Waals surface area contributed by atoms with Crippen molar-refractivity contribution in [3.63, 3.8) is 0 Å². The van der Waals surface area contributed by atoms with Crippen LogP contribution in [0.15, 0.2) is 24.3 Å². The molecule has 0 fully saturated rings. The van der Waals surface area contributed by atoms with Gasteiger partial charge in [-0.3, -0.25) is 9.59 Å². The highest BCUT2D eigenvalue weighted by Gasteiger charge is 2.14. The molecule has 4 N–H and O–H groups in total. The molecule has 98 valence electrons. The van der Waals surface area contributed by atoms with Crippen molar-refractivity contribution in [2.75, 3.05) is 17.2 Å². The second-order valence-electron chi connectivity index (χ2n) is 4.09. The number of anilines is 2. The van der Waals surface area contributed by atoms with E-state index < -0.39 is 0 Å². The lowest BCUT2D eigenvalue weighted by Gasteiger charge is -2.13. The summed E-state index contributed by atoms with van der Waals surface area (Å²) >= 11 is 0. The van der Waals surface area contributed by atoms with Crippen molar-refractivity contribution in [2.24, 2.45) is 11.7 Å². The molecule has 0 aromatic heterocycles. The van der Waals surface area contributed by atoms with Crippen LogP contribution < -0.4 is 16.4 Å². The summed E-state index contributed by atoms with van der Waals surface area (Å²) in [4.78, 5) is 22.8. The van der Waals surface area contributed by atoms with Crippen LogP contribution in [0, 0.1) is 5.92 Å². The molecule has 2 amide bonds. The first-order valence-corrected chi connectivity index (χ1v) is 5.95. The van der Waals surface area contributed by atoms with Gasteiger partial charge in [-0.25, -0.2) is 0 Å². The van der Waals surface area contributed by atoms with Crippen molar-refractivity contribution in [2.45, 2.75) is 20.3 Å². The zero-order valence-corrected chi connectivity index (χ0v) is 10.7. The van der Waals surface area contributed by atoms with E-state index in [0.717, 1.165) is 0 Å². The number of amides is 2. The molecule has 0 saturated heterocycles. The lowest BCUT2D eigenvalue weighted by molar-refractivity contribution is -0.119. The smallest absolute Gasteiger partial charge is 0.228 e. The van der Waals surface area contributed by atoms with Gasteiger partial charge in [0.05, 0.1) is 5.92 Å². The SMILES string of the molecule is CCC(CN)C(=O)Nc1cccc(NC(C)=O)c1. The van der Waals surface area contributed by atoms with Crippen molar-refractivity contribution in [3.05, 3.63) is 24.3 Å². The highest BCUT2D eigenvalue weighted by molar-refractivity contribution is 5.94. The van der Waals surface area contributed by atoms with Crippen molar-refractivity contribution in [1.82, 2.24) is 0 Å². The van der Waals surface area contributed by atoms with Crippen LogP contribution in [0.3, 0.4) is 0 Å². The van der Waals surface area contributed by atoms with Gasteiger partial charge in [-0.1, -0.05) is 13.0 Å². The van der Waals surface area contributed by atoms with E-state index in [1.54, 1.807) is 24.3 Å². The third-order valence-corrected chi connectivity index (χ3v) is 2.60. The normalized spacial score (nSPS) is 11.7. The lowest BCUT2D eigenvalue weighted by Crippen LogP contribution is -2.28. The minimum Gasteiger partial charge on any atom is -0.330 e. The van der Waals surface area contributed by atoms with Crippen LogP contribution in [0.1, 0.15) is 20.3 Å². The molecule has 0 aliphatic heterocycles. The van der Waals surface area contributed by atoms with Gasteiger partial charge in [0.15, 0.2) is 0 Å². The zero-order chi connectivity index (χ0) is 13.5. The van der Waals surface area contributed by atoms with E-state index in [-0.39, 0.29) is 17.7 Å². The van der Waals surface area contributed by atoms with Gasteiger partial charge in [0.2, 0.25) is 11.8 Å². The molecule has 1 aromatic rings. The number of hydrogen-bond donors (Lipinski definition) is 3. The van der Waals surface area contributed by atoms with E-state index >= 15 is 0 Å². The molecule has 0 radical (unpaired) electrons. The Bertz CT molecular complexity index is 428. The second-order valence-corrected chi connectivity index (χ2v) is 4.09. The third kappa shape index (κ3) is 4.18. The van der Waals surface area contributed by atoms with E-state index in [1.807, 2.05) is 6.92 Å². The second kappa shape index (κ2) is 6.76. The molecular weight excluding hydrogens is 230 g/mol. The lowest BCUT2D eigenvalue weighted by atomic mass is 10.1. The average molecular weight is 249 g/mol. The van der Waals surface area contributed by atoms with Gasteiger partial charge in [-0.15, -0.1) is 0 Å². The van der Waals surface area contributed by atoms with Crippen LogP contribution in [0.2, 0.25) is 0 Å². The topological polar surface area (TPSA) is 84.2 Å². The van der Waals surface area contributed by atoms with E-state index in [2.05, 4.69) is 10.6 Å². The average Bonchev–Trinajstić information content (AvgIpc) is 2.30. The van der Waals surface area contributed by atoms with Crippen molar-refractivity contribution < 1.29 is 9.59 Å². The molecule has 1 atom stereocenters. The summed E-state index contributed by atoms with van der Waals surface area (Å²) in [7, 11) is 0.